The van der Waals surface area contributed by atoms with Gasteiger partial charge in [0.15, 0.2) is 0 Å². The lowest BCUT2D eigenvalue weighted by molar-refractivity contribution is -0.282. The Hall–Kier alpha value is -1.22. The standard InChI is InChI=1S/C14H20O7/c1-18-19-8-9-4-2-3-5-11(9)20-13-6-10(16)14(17)12(7-15)21-13/h2-5,10,12-17H,6-8H2,1H3/t10-,12?,13-,14-/m1/s1. The van der Waals surface area contributed by atoms with Crippen LogP contribution in [0.3, 0.4) is 0 Å². The molecule has 7 heteroatoms. The quantitative estimate of drug-likeness (QED) is 0.501. The summed E-state index contributed by atoms with van der Waals surface area (Å²) < 4.78 is 11.1. The first-order chi connectivity index (χ1) is 10.2. The largest absolute Gasteiger partial charge is 0.464 e. The van der Waals surface area contributed by atoms with Gasteiger partial charge in [0.05, 0.1) is 19.8 Å². The van der Waals surface area contributed by atoms with Crippen LogP contribution in [0.5, 0.6) is 5.75 Å². The highest BCUT2D eigenvalue weighted by Gasteiger charge is 2.37. The van der Waals surface area contributed by atoms with Gasteiger partial charge in [-0.15, -0.1) is 0 Å². The highest BCUT2D eigenvalue weighted by Crippen LogP contribution is 2.26. The Bertz CT molecular complexity index is 439. The first kappa shape index (κ1) is 16.2. The number of hydrogen-bond donors (Lipinski definition) is 3. The molecule has 4 atom stereocenters. The molecule has 1 aromatic carbocycles. The van der Waals surface area contributed by atoms with Crippen LogP contribution in [-0.2, 0) is 21.1 Å². The van der Waals surface area contributed by atoms with Crippen molar-refractivity contribution in [1.29, 1.82) is 0 Å². The summed E-state index contributed by atoms with van der Waals surface area (Å²) in [6.07, 6.45) is -3.66. The van der Waals surface area contributed by atoms with Gasteiger partial charge in [0.25, 0.3) is 0 Å². The molecule has 1 fully saturated rings. The van der Waals surface area contributed by atoms with Gasteiger partial charge in [-0.25, -0.2) is 9.78 Å². The molecule has 7 nitrogen and oxygen atoms in total. The van der Waals surface area contributed by atoms with Crippen LogP contribution in [0.25, 0.3) is 0 Å². The summed E-state index contributed by atoms with van der Waals surface area (Å²) in [6.45, 7) is -0.194. The molecule has 0 spiro atoms. The first-order valence-corrected chi connectivity index (χ1v) is 6.68. The average Bonchev–Trinajstić information content (AvgIpc) is 2.50. The minimum Gasteiger partial charge on any atom is -0.464 e. The van der Waals surface area contributed by atoms with E-state index >= 15 is 0 Å². The van der Waals surface area contributed by atoms with Crippen LogP contribution >= 0.6 is 0 Å². The highest BCUT2D eigenvalue weighted by molar-refractivity contribution is 5.32. The number of para-hydroxylation sites is 1. The summed E-state index contributed by atoms with van der Waals surface area (Å²) in [6, 6.07) is 7.18. The summed E-state index contributed by atoms with van der Waals surface area (Å²) in [7, 11) is 1.41. The normalized spacial score (nSPS) is 29.3. The lowest BCUT2D eigenvalue weighted by atomic mass is 10.0. The Kier molecular flexibility index (Phi) is 5.92. The Labute approximate surface area is 122 Å². The number of rotatable bonds is 6. The van der Waals surface area contributed by atoms with Crippen LogP contribution in [0.1, 0.15) is 12.0 Å². The van der Waals surface area contributed by atoms with Crippen molar-refractivity contribution < 1.29 is 34.6 Å². The smallest absolute Gasteiger partial charge is 0.202 e. The van der Waals surface area contributed by atoms with Gasteiger partial charge in [-0.3, -0.25) is 0 Å². The fourth-order valence-corrected chi connectivity index (χ4v) is 2.14. The molecule has 0 bridgehead atoms. The van der Waals surface area contributed by atoms with E-state index in [0.717, 1.165) is 5.56 Å². The van der Waals surface area contributed by atoms with Crippen LogP contribution in [-0.4, -0.2) is 53.6 Å². The minimum absolute atomic E-state index is 0.108. The van der Waals surface area contributed by atoms with E-state index in [1.165, 1.54) is 7.11 Å². The molecule has 2 rings (SSSR count). The zero-order valence-corrected chi connectivity index (χ0v) is 11.7. The minimum atomic E-state index is -1.12. The van der Waals surface area contributed by atoms with Crippen molar-refractivity contribution >= 4 is 0 Å². The maximum Gasteiger partial charge on any atom is 0.202 e. The van der Waals surface area contributed by atoms with E-state index < -0.39 is 31.2 Å². The van der Waals surface area contributed by atoms with Crippen molar-refractivity contribution in [3.63, 3.8) is 0 Å². The topological polar surface area (TPSA) is 97.6 Å². The number of ether oxygens (including phenoxy) is 2. The van der Waals surface area contributed by atoms with Crippen molar-refractivity contribution in [3.05, 3.63) is 29.8 Å². The van der Waals surface area contributed by atoms with E-state index in [0.29, 0.717) is 5.75 Å². The molecule has 118 valence electrons. The van der Waals surface area contributed by atoms with Gasteiger partial charge in [-0.05, 0) is 6.07 Å². The van der Waals surface area contributed by atoms with Crippen molar-refractivity contribution in [2.24, 2.45) is 0 Å². The molecule has 0 radical (unpaired) electrons. The second-order valence-corrected chi connectivity index (χ2v) is 4.73. The third kappa shape index (κ3) is 4.13. The molecule has 21 heavy (non-hydrogen) atoms. The van der Waals surface area contributed by atoms with Crippen LogP contribution in [0.15, 0.2) is 24.3 Å². The Morgan fingerprint density at radius 2 is 2.05 bits per heavy atom. The van der Waals surface area contributed by atoms with Crippen LogP contribution in [0.2, 0.25) is 0 Å². The zero-order chi connectivity index (χ0) is 15.2. The summed E-state index contributed by atoms with van der Waals surface area (Å²) in [5.41, 5.74) is 0.754. The van der Waals surface area contributed by atoms with Gasteiger partial charge < -0.3 is 24.8 Å². The molecule has 1 unspecified atom stereocenters. The summed E-state index contributed by atoms with van der Waals surface area (Å²) in [4.78, 5) is 9.44. The average molecular weight is 300 g/mol. The number of benzene rings is 1. The fraction of sp³-hybridized carbons (Fsp3) is 0.571. The zero-order valence-electron chi connectivity index (χ0n) is 11.7. The Morgan fingerprint density at radius 3 is 2.76 bits per heavy atom. The van der Waals surface area contributed by atoms with Crippen molar-refractivity contribution in [1.82, 2.24) is 0 Å². The summed E-state index contributed by atoms with van der Waals surface area (Å²) in [5.74, 6) is 0.528. The van der Waals surface area contributed by atoms with Gasteiger partial charge >= 0.3 is 0 Å². The monoisotopic (exact) mass is 300 g/mol. The van der Waals surface area contributed by atoms with Crippen LogP contribution < -0.4 is 4.74 Å². The van der Waals surface area contributed by atoms with E-state index in [4.69, 9.17) is 19.5 Å². The van der Waals surface area contributed by atoms with Crippen molar-refractivity contribution in [2.75, 3.05) is 13.7 Å². The van der Waals surface area contributed by atoms with E-state index in [1.54, 1.807) is 12.1 Å². The molecule has 0 aromatic heterocycles. The van der Waals surface area contributed by atoms with Crippen LogP contribution in [0.4, 0.5) is 0 Å². The molecule has 1 saturated heterocycles. The highest BCUT2D eigenvalue weighted by atomic mass is 17.2. The Balaban J connectivity index is 2.04. The van der Waals surface area contributed by atoms with E-state index in [2.05, 4.69) is 4.89 Å². The number of hydrogen-bond acceptors (Lipinski definition) is 7. The van der Waals surface area contributed by atoms with E-state index in [1.807, 2.05) is 12.1 Å². The molecular formula is C14H20O7. The maximum atomic E-state index is 9.77. The van der Waals surface area contributed by atoms with E-state index in [9.17, 15) is 10.2 Å². The molecule has 1 aromatic rings. The van der Waals surface area contributed by atoms with Crippen molar-refractivity contribution in [2.45, 2.75) is 37.6 Å². The third-order valence-corrected chi connectivity index (χ3v) is 3.28. The Morgan fingerprint density at radius 1 is 1.29 bits per heavy atom. The molecule has 1 heterocycles. The van der Waals surface area contributed by atoms with Gasteiger partial charge in [-0.1, -0.05) is 18.2 Å². The predicted molar refractivity (Wildman–Crippen MR) is 71.2 cm³/mol. The van der Waals surface area contributed by atoms with E-state index in [-0.39, 0.29) is 13.0 Å². The number of aliphatic hydroxyl groups excluding tert-OH is 3. The van der Waals surface area contributed by atoms with Gasteiger partial charge in [0.2, 0.25) is 6.29 Å². The second kappa shape index (κ2) is 7.69. The third-order valence-electron chi connectivity index (χ3n) is 3.28. The van der Waals surface area contributed by atoms with Gasteiger partial charge in [0, 0.05) is 12.0 Å². The summed E-state index contributed by atoms with van der Waals surface area (Å²) >= 11 is 0. The fourth-order valence-electron chi connectivity index (χ4n) is 2.14. The molecule has 0 saturated carbocycles. The SMILES string of the molecule is COOCc1ccccc1O[C@H]1C[C@@H](O)[C@@H](O)C(CO)O1. The maximum absolute atomic E-state index is 9.77. The lowest BCUT2D eigenvalue weighted by Crippen LogP contribution is -2.51. The number of aliphatic hydroxyl groups is 3. The molecule has 3 N–H and O–H groups in total. The second-order valence-electron chi connectivity index (χ2n) is 4.73. The summed E-state index contributed by atoms with van der Waals surface area (Å²) in [5, 5.41) is 28.6. The van der Waals surface area contributed by atoms with Gasteiger partial charge in [-0.2, -0.15) is 0 Å². The molecule has 0 amide bonds. The molecule has 0 aliphatic carbocycles. The van der Waals surface area contributed by atoms with Gasteiger partial charge in [0.1, 0.15) is 24.6 Å². The molecule has 1 aliphatic heterocycles. The molecule has 1 aliphatic rings. The van der Waals surface area contributed by atoms with Crippen LogP contribution in [0, 0.1) is 0 Å². The first-order valence-electron chi connectivity index (χ1n) is 6.68. The predicted octanol–water partition coefficient (Wildman–Crippen LogP) is -0.0275. The lowest BCUT2D eigenvalue weighted by Gasteiger charge is -2.36. The molecular weight excluding hydrogens is 280 g/mol. The van der Waals surface area contributed by atoms with Crippen molar-refractivity contribution in [3.8, 4) is 5.75 Å².